The zero-order valence-corrected chi connectivity index (χ0v) is 10.5. The molecular weight excluding hydrogens is 290 g/mol. The fraction of sp³-hybridized carbons (Fsp3) is 0. The number of hydrogen-bond acceptors (Lipinski definition) is 0. The van der Waals surface area contributed by atoms with Gasteiger partial charge in [-0.2, -0.15) is 0 Å². The van der Waals surface area contributed by atoms with Crippen LogP contribution in [0.1, 0.15) is 0 Å². The molecule has 0 rings (SSSR count). The van der Waals surface area contributed by atoms with Crippen molar-refractivity contribution >= 4 is 73.5 Å². The molecule has 0 aromatic heterocycles. The predicted octanol–water partition coefficient (Wildman–Crippen LogP) is -0.281. The van der Waals surface area contributed by atoms with Crippen molar-refractivity contribution in [1.82, 2.24) is 0 Å². The van der Waals surface area contributed by atoms with Gasteiger partial charge in [-0.15, -0.1) is 0 Å². The van der Waals surface area contributed by atoms with Gasteiger partial charge < -0.3 is 0 Å². The van der Waals surface area contributed by atoms with Gasteiger partial charge in [0.15, 0.2) is 0 Å². The van der Waals surface area contributed by atoms with E-state index in [0.29, 0.717) is 0 Å². The second-order valence-electron chi connectivity index (χ2n) is 0. The fourth-order valence-electron chi connectivity index (χ4n) is 0. The maximum Gasteiger partial charge on any atom is 0 e. The summed E-state index contributed by atoms with van der Waals surface area (Å²) in [4.78, 5) is 0. The largest absolute Gasteiger partial charge is 0 e. The topological polar surface area (TPSA) is 0 Å². The molecule has 0 saturated carbocycles. The van der Waals surface area contributed by atoms with E-state index in [4.69, 9.17) is 0 Å². The monoisotopic (exact) mass is 290 g/mol. The van der Waals surface area contributed by atoms with Crippen LogP contribution in [0.3, 0.4) is 0 Å². The van der Waals surface area contributed by atoms with Crippen molar-refractivity contribution in [3.05, 3.63) is 0 Å². The van der Waals surface area contributed by atoms with E-state index in [1.54, 1.807) is 0 Å². The van der Waals surface area contributed by atoms with Gasteiger partial charge in [-0.25, -0.2) is 0 Å². The Bertz CT molecular complexity index is 8.00. The number of rotatable bonds is 0. The minimum Gasteiger partial charge on any atom is 0 e. The van der Waals surface area contributed by atoms with Crippen LogP contribution in [0.25, 0.3) is 0 Å². The summed E-state index contributed by atoms with van der Waals surface area (Å²) in [5.41, 5.74) is 0. The third-order valence-electron chi connectivity index (χ3n) is 0. The minimum absolute atomic E-state index is 0. The zero-order chi connectivity index (χ0) is 0. The van der Waals surface area contributed by atoms with Gasteiger partial charge in [0.1, 0.15) is 0 Å². The third-order valence-corrected chi connectivity index (χ3v) is 0. The van der Waals surface area contributed by atoms with E-state index < -0.39 is 0 Å². The normalized spacial score (nSPS) is 0. The van der Waals surface area contributed by atoms with Crippen molar-refractivity contribution in [3.8, 4) is 0 Å². The Morgan fingerprint density at radius 1 is 1.00 bits per heavy atom. The van der Waals surface area contributed by atoms with Crippen LogP contribution in [0.15, 0.2) is 0 Å². The maximum atomic E-state index is 0. The molecule has 0 N–H and O–H groups in total. The van der Waals surface area contributed by atoms with Crippen LogP contribution in [0.4, 0.5) is 0 Å². The molecule has 4 heavy (non-hydrogen) atoms. The molecule has 0 nitrogen and oxygen atoms in total. The van der Waals surface area contributed by atoms with Crippen molar-refractivity contribution in [1.29, 1.82) is 0 Å². The Kier molecular flexibility index (Phi) is 140. The molecule has 0 saturated heterocycles. The summed E-state index contributed by atoms with van der Waals surface area (Å²) in [5.74, 6) is 0. The molecule has 16 valence electrons. The summed E-state index contributed by atoms with van der Waals surface area (Å²) < 4.78 is 0. The number of hydrogen-bond donors (Lipinski definition) is 0. The first-order valence-corrected chi connectivity index (χ1v) is 0. The summed E-state index contributed by atoms with van der Waals surface area (Å²) in [6.07, 6.45) is 0. The maximum absolute atomic E-state index is 0. The first kappa shape index (κ1) is 31.5. The van der Waals surface area contributed by atoms with E-state index in [1.165, 1.54) is 0 Å². The summed E-state index contributed by atoms with van der Waals surface area (Å²) in [6, 6.07) is 0. The molecule has 0 unspecified atom stereocenters. The SMILES string of the molecule is [As].[Ga].[In].[P]. The second kappa shape index (κ2) is 17.8. The zero-order valence-electron chi connectivity index (χ0n) is 2.05. The van der Waals surface area contributed by atoms with Crippen LogP contribution in [0, 0.1) is 0 Å². The fourth-order valence-corrected chi connectivity index (χ4v) is 0. The van der Waals surface area contributed by atoms with E-state index in [1.807, 2.05) is 0 Å². The molecule has 0 aromatic rings. The smallest absolute Gasteiger partial charge is 0 e. The Morgan fingerprint density at radius 3 is 1.00 bits per heavy atom. The first-order chi connectivity index (χ1) is 0. The summed E-state index contributed by atoms with van der Waals surface area (Å²) >= 11 is 0. The molecule has 0 aliphatic rings. The standard InChI is InChI=1S/As.Ga.In.P. The van der Waals surface area contributed by atoms with Crippen molar-refractivity contribution in [2.24, 2.45) is 0 Å². The molecule has 0 aliphatic carbocycles. The molecule has 0 amide bonds. The van der Waals surface area contributed by atoms with E-state index >= 15 is 0 Å². The van der Waals surface area contributed by atoms with Gasteiger partial charge in [0, 0.05) is 73.5 Å². The second-order valence-corrected chi connectivity index (χ2v) is 0. The van der Waals surface area contributed by atoms with Crippen molar-refractivity contribution in [2.75, 3.05) is 0 Å². The summed E-state index contributed by atoms with van der Waals surface area (Å²) in [7, 11) is 0. The van der Waals surface area contributed by atoms with Crippen molar-refractivity contribution in [2.45, 2.75) is 0 Å². The quantitative estimate of drug-likeness (QED) is 0.425. The van der Waals surface area contributed by atoms with E-state index in [-0.39, 0.29) is 73.5 Å². The van der Waals surface area contributed by atoms with Gasteiger partial charge in [0.25, 0.3) is 0 Å². The van der Waals surface area contributed by atoms with E-state index in [0.717, 1.165) is 0 Å². The average Bonchev–Trinajstić information content (AvgIpc) is 0. The van der Waals surface area contributed by atoms with Crippen LogP contribution in [0.2, 0.25) is 0 Å². The van der Waals surface area contributed by atoms with E-state index in [2.05, 4.69) is 0 Å². The first-order valence-electron chi connectivity index (χ1n) is 0. The van der Waals surface area contributed by atoms with Crippen molar-refractivity contribution in [3.63, 3.8) is 0 Å². The molecule has 0 bridgehead atoms. The van der Waals surface area contributed by atoms with Crippen LogP contribution < -0.4 is 0 Å². The van der Waals surface area contributed by atoms with Crippen LogP contribution in [0.5, 0.6) is 0 Å². The van der Waals surface area contributed by atoms with Gasteiger partial charge in [-0.1, -0.05) is 0 Å². The molecule has 0 aliphatic heterocycles. The molecule has 0 aromatic carbocycles. The molecule has 0 spiro atoms. The molecule has 0 atom stereocenters. The van der Waals surface area contributed by atoms with Crippen LogP contribution in [-0.4, -0.2) is 63.6 Å². The van der Waals surface area contributed by atoms with E-state index in [9.17, 15) is 0 Å². The molecule has 4 heteroatoms. The molecule has 0 heterocycles. The van der Waals surface area contributed by atoms with Crippen LogP contribution >= 0.6 is 9.90 Å². The van der Waals surface area contributed by atoms with Gasteiger partial charge in [0.2, 0.25) is 0 Å². The summed E-state index contributed by atoms with van der Waals surface area (Å²) in [5, 5.41) is 0. The molecular formula is AsGaInP. The Hall–Kier alpha value is 2.49. The Labute approximate surface area is 72.6 Å². The van der Waals surface area contributed by atoms with Crippen molar-refractivity contribution < 1.29 is 0 Å². The Morgan fingerprint density at radius 2 is 1.00 bits per heavy atom. The third kappa shape index (κ3) is 8.82. The average molecular weight is 290 g/mol. The molecule has 12 radical (unpaired) electrons. The predicted molar refractivity (Wildman–Crippen MR) is 24.2 cm³/mol. The Balaban J connectivity index is 0. The van der Waals surface area contributed by atoms with Crippen LogP contribution in [-0.2, 0) is 0 Å². The van der Waals surface area contributed by atoms with Gasteiger partial charge in [-0.05, 0) is 0 Å². The van der Waals surface area contributed by atoms with Gasteiger partial charge in [0.05, 0.1) is 0 Å². The van der Waals surface area contributed by atoms with Gasteiger partial charge >= 0.3 is 0 Å². The summed E-state index contributed by atoms with van der Waals surface area (Å²) in [6.45, 7) is 0. The van der Waals surface area contributed by atoms with Gasteiger partial charge in [-0.3, -0.25) is 0 Å². The molecule has 0 fully saturated rings. The minimum atomic E-state index is 0.